The number of carboxylic acids is 1. The number of hydrogen-bond acceptors (Lipinski definition) is 5. The molecule has 7 nitrogen and oxygen atoms in total. The summed E-state index contributed by atoms with van der Waals surface area (Å²) in [7, 11) is -3.67. The second kappa shape index (κ2) is 7.82. The zero-order chi connectivity index (χ0) is 23.4. The van der Waals surface area contributed by atoms with Crippen LogP contribution in [0.3, 0.4) is 0 Å². The lowest BCUT2D eigenvalue weighted by Crippen LogP contribution is -2.54. The van der Waals surface area contributed by atoms with Crippen LogP contribution in [0.2, 0.25) is 0 Å². The molecule has 3 aliphatic heterocycles. The number of carboxylic acid groups (broad SMARTS) is 1. The molecule has 0 bridgehead atoms. The van der Waals surface area contributed by atoms with Gasteiger partial charge in [0.15, 0.2) is 0 Å². The molecule has 176 valence electrons. The van der Waals surface area contributed by atoms with Gasteiger partial charge in [-0.05, 0) is 68.9 Å². The molecule has 0 aromatic heterocycles. The number of sulfonamides is 1. The summed E-state index contributed by atoms with van der Waals surface area (Å²) in [5.41, 5.74) is 0.718. The fourth-order valence-electron chi connectivity index (χ4n) is 5.57. The van der Waals surface area contributed by atoms with Crippen LogP contribution < -0.4 is 4.74 Å². The summed E-state index contributed by atoms with van der Waals surface area (Å²) in [6.07, 6.45) is 2.37. The van der Waals surface area contributed by atoms with Gasteiger partial charge in [-0.1, -0.05) is 18.2 Å². The molecule has 2 aromatic carbocycles. The molecule has 0 amide bonds. The number of fused-ring (bicyclic) bond motifs is 3. The Balaban J connectivity index is 1.31. The highest BCUT2D eigenvalue weighted by Gasteiger charge is 2.53. The number of hydrogen-bond donors (Lipinski definition) is 1. The van der Waals surface area contributed by atoms with E-state index >= 15 is 0 Å². The van der Waals surface area contributed by atoms with E-state index in [4.69, 9.17) is 14.6 Å². The summed E-state index contributed by atoms with van der Waals surface area (Å²) in [5.74, 6) is -0.00546. The number of benzene rings is 2. The SMILES string of the molecule is CC1(C)Oc2ccccc2[C@H]2OCC3(CCN(S(=O)(=O)c4ccc(C(=O)O)cc4)CC3)C[C@@H]21. The van der Waals surface area contributed by atoms with Gasteiger partial charge < -0.3 is 14.6 Å². The molecule has 1 spiro atoms. The molecule has 0 radical (unpaired) electrons. The highest BCUT2D eigenvalue weighted by atomic mass is 32.2. The number of aromatic carboxylic acids is 1. The minimum absolute atomic E-state index is 0.00918. The summed E-state index contributed by atoms with van der Waals surface area (Å²) in [6.45, 7) is 5.68. The van der Waals surface area contributed by atoms with Crippen LogP contribution in [0.5, 0.6) is 5.75 Å². The van der Waals surface area contributed by atoms with Crippen molar-refractivity contribution in [3.05, 3.63) is 59.7 Å². The van der Waals surface area contributed by atoms with Crippen molar-refractivity contribution in [2.24, 2.45) is 11.3 Å². The molecule has 5 rings (SSSR count). The van der Waals surface area contributed by atoms with Crippen molar-refractivity contribution in [2.45, 2.75) is 49.7 Å². The van der Waals surface area contributed by atoms with Gasteiger partial charge in [0, 0.05) is 24.6 Å². The third-order valence-electron chi connectivity index (χ3n) is 7.60. The third-order valence-corrected chi connectivity index (χ3v) is 9.51. The Morgan fingerprint density at radius 3 is 2.39 bits per heavy atom. The number of piperidine rings is 1. The monoisotopic (exact) mass is 471 g/mol. The van der Waals surface area contributed by atoms with Crippen molar-refractivity contribution < 1.29 is 27.8 Å². The number of para-hydroxylation sites is 1. The average Bonchev–Trinajstić information content (AvgIpc) is 2.79. The summed E-state index contributed by atoms with van der Waals surface area (Å²) < 4.78 is 40.6. The molecule has 3 aliphatic rings. The number of ether oxygens (including phenoxy) is 2. The summed E-state index contributed by atoms with van der Waals surface area (Å²) in [4.78, 5) is 11.2. The second-order valence-electron chi connectivity index (χ2n) is 10.0. The van der Waals surface area contributed by atoms with Crippen molar-refractivity contribution in [3.63, 3.8) is 0 Å². The van der Waals surface area contributed by atoms with E-state index in [1.165, 1.54) is 28.6 Å². The minimum atomic E-state index is -3.67. The third kappa shape index (κ3) is 3.84. The second-order valence-corrected chi connectivity index (χ2v) is 12.0. The Labute approximate surface area is 194 Å². The van der Waals surface area contributed by atoms with Gasteiger partial charge in [0.25, 0.3) is 0 Å². The predicted molar refractivity (Wildman–Crippen MR) is 122 cm³/mol. The highest BCUT2D eigenvalue weighted by Crippen LogP contribution is 2.55. The fourth-order valence-corrected chi connectivity index (χ4v) is 7.01. The maximum Gasteiger partial charge on any atom is 0.335 e. The Morgan fingerprint density at radius 2 is 1.73 bits per heavy atom. The van der Waals surface area contributed by atoms with Gasteiger partial charge in [-0.3, -0.25) is 0 Å². The molecular formula is C25H29NO6S. The molecule has 3 heterocycles. The molecular weight excluding hydrogens is 442 g/mol. The fraction of sp³-hybridized carbons (Fsp3) is 0.480. The molecule has 2 aromatic rings. The van der Waals surface area contributed by atoms with Crippen molar-refractivity contribution >= 4 is 16.0 Å². The van der Waals surface area contributed by atoms with Gasteiger partial charge in [-0.15, -0.1) is 0 Å². The van der Waals surface area contributed by atoms with Crippen molar-refractivity contribution in [1.82, 2.24) is 4.31 Å². The summed E-state index contributed by atoms with van der Waals surface area (Å²) in [6, 6.07) is 13.5. The lowest BCUT2D eigenvalue weighted by molar-refractivity contribution is -0.172. The van der Waals surface area contributed by atoms with Crippen LogP contribution in [0, 0.1) is 11.3 Å². The minimum Gasteiger partial charge on any atom is -0.487 e. The molecule has 2 fully saturated rings. The molecule has 2 saturated heterocycles. The van der Waals surface area contributed by atoms with E-state index in [0.717, 1.165) is 30.6 Å². The lowest BCUT2D eigenvalue weighted by Gasteiger charge is -2.54. The van der Waals surface area contributed by atoms with Gasteiger partial charge in [0.2, 0.25) is 10.0 Å². The summed E-state index contributed by atoms with van der Waals surface area (Å²) in [5, 5.41) is 9.06. The van der Waals surface area contributed by atoms with Crippen molar-refractivity contribution in [1.29, 1.82) is 0 Å². The van der Waals surface area contributed by atoms with Crippen LogP contribution in [-0.4, -0.2) is 49.1 Å². The van der Waals surface area contributed by atoms with Crippen molar-refractivity contribution in [3.8, 4) is 5.75 Å². The Morgan fingerprint density at radius 1 is 1.06 bits per heavy atom. The van der Waals surface area contributed by atoms with E-state index in [1.54, 1.807) is 0 Å². The predicted octanol–water partition coefficient (Wildman–Crippen LogP) is 4.10. The first kappa shape index (κ1) is 22.4. The van der Waals surface area contributed by atoms with Crippen LogP contribution in [0.1, 0.15) is 55.1 Å². The Bertz CT molecular complexity index is 1170. The number of nitrogens with zero attached hydrogens (tertiary/aromatic N) is 1. The van der Waals surface area contributed by atoms with E-state index in [9.17, 15) is 13.2 Å². The summed E-state index contributed by atoms with van der Waals surface area (Å²) >= 11 is 0. The van der Waals surface area contributed by atoms with Gasteiger partial charge in [-0.25, -0.2) is 13.2 Å². The van der Waals surface area contributed by atoms with Gasteiger partial charge in [0.05, 0.1) is 23.2 Å². The molecule has 1 N–H and O–H groups in total. The van der Waals surface area contributed by atoms with Crippen LogP contribution in [-0.2, 0) is 14.8 Å². The zero-order valence-corrected chi connectivity index (χ0v) is 19.7. The zero-order valence-electron chi connectivity index (χ0n) is 18.9. The first-order valence-corrected chi connectivity index (χ1v) is 12.8. The van der Waals surface area contributed by atoms with Crippen LogP contribution in [0.4, 0.5) is 0 Å². The maximum absolute atomic E-state index is 13.1. The number of rotatable bonds is 3. The highest BCUT2D eigenvalue weighted by molar-refractivity contribution is 7.89. The largest absolute Gasteiger partial charge is 0.487 e. The standard InChI is InChI=1S/C25H29NO6S/c1-24(2)20-15-25(16-31-22(20)19-5-3-4-6-21(19)32-24)11-13-26(14-12-25)33(29,30)18-9-7-17(8-10-18)23(27)28/h3-10,20,22H,11-16H2,1-2H3,(H,27,28)/t20-,22+/m0/s1. The van der Waals surface area contributed by atoms with Gasteiger partial charge in [0.1, 0.15) is 11.4 Å². The van der Waals surface area contributed by atoms with Gasteiger partial charge >= 0.3 is 5.97 Å². The lowest BCUT2D eigenvalue weighted by atomic mass is 9.64. The molecule has 8 heteroatoms. The molecule has 2 atom stereocenters. The number of carbonyl (C=O) groups is 1. The van der Waals surface area contributed by atoms with E-state index in [2.05, 4.69) is 19.9 Å². The Hall–Kier alpha value is -2.42. The molecule has 0 saturated carbocycles. The molecule has 0 unspecified atom stereocenters. The first-order chi connectivity index (χ1) is 15.6. The topological polar surface area (TPSA) is 93.1 Å². The normalized spacial score (nSPS) is 26.1. The smallest absolute Gasteiger partial charge is 0.335 e. The van der Waals surface area contributed by atoms with E-state index in [1.807, 2.05) is 18.2 Å². The van der Waals surface area contributed by atoms with Crippen molar-refractivity contribution in [2.75, 3.05) is 19.7 Å². The van der Waals surface area contributed by atoms with Crippen LogP contribution >= 0.6 is 0 Å². The molecule has 0 aliphatic carbocycles. The van der Waals surface area contributed by atoms with E-state index < -0.39 is 16.0 Å². The Kier molecular flexibility index (Phi) is 5.30. The quantitative estimate of drug-likeness (QED) is 0.724. The first-order valence-electron chi connectivity index (χ1n) is 11.3. The molecule has 33 heavy (non-hydrogen) atoms. The van der Waals surface area contributed by atoms with E-state index in [-0.39, 0.29) is 33.5 Å². The van der Waals surface area contributed by atoms with E-state index in [0.29, 0.717) is 19.7 Å². The van der Waals surface area contributed by atoms with Crippen LogP contribution in [0.15, 0.2) is 53.4 Å². The van der Waals surface area contributed by atoms with Gasteiger partial charge in [-0.2, -0.15) is 4.31 Å². The average molecular weight is 472 g/mol. The van der Waals surface area contributed by atoms with Crippen LogP contribution in [0.25, 0.3) is 0 Å². The maximum atomic E-state index is 13.1.